The van der Waals surface area contributed by atoms with Crippen molar-refractivity contribution in [2.24, 2.45) is 10.8 Å². The molecule has 0 aromatic rings. The Labute approximate surface area is 121 Å². The number of hydrazine groups is 1. The van der Waals surface area contributed by atoms with Gasteiger partial charge < -0.3 is 14.7 Å². The van der Waals surface area contributed by atoms with Gasteiger partial charge in [-0.05, 0) is 20.8 Å². The molecule has 1 aliphatic rings. The smallest absolute Gasteiger partial charge is 0.208 e. The number of piperazine rings is 1. The Balaban J connectivity index is 2.50. The lowest BCUT2D eigenvalue weighted by Crippen LogP contribution is -2.55. The SMILES string of the molecule is COCC(C)N=C(NN)N1CCN(CC(C)(C)O)CC1. The van der Waals surface area contributed by atoms with Crippen LogP contribution < -0.4 is 11.3 Å². The summed E-state index contributed by atoms with van der Waals surface area (Å²) in [5, 5.41) is 9.84. The zero-order chi connectivity index (χ0) is 15.2. The summed E-state index contributed by atoms with van der Waals surface area (Å²) in [4.78, 5) is 8.91. The second kappa shape index (κ2) is 7.78. The number of guanidine groups is 1. The third kappa shape index (κ3) is 6.04. The first-order valence-electron chi connectivity index (χ1n) is 7.08. The van der Waals surface area contributed by atoms with Crippen molar-refractivity contribution >= 4 is 5.96 Å². The quantitative estimate of drug-likeness (QED) is 0.266. The molecule has 7 heteroatoms. The lowest BCUT2D eigenvalue weighted by atomic mass is 10.1. The van der Waals surface area contributed by atoms with Crippen molar-refractivity contribution in [3.8, 4) is 0 Å². The summed E-state index contributed by atoms with van der Waals surface area (Å²) in [6.07, 6.45) is 0. The molecule has 0 bridgehead atoms. The highest BCUT2D eigenvalue weighted by atomic mass is 16.5. The number of methoxy groups -OCH3 is 1. The van der Waals surface area contributed by atoms with E-state index in [1.165, 1.54) is 0 Å². The van der Waals surface area contributed by atoms with Gasteiger partial charge in [0.1, 0.15) is 0 Å². The maximum absolute atomic E-state index is 9.84. The Hall–Kier alpha value is -0.890. The molecular formula is C13H29N5O2. The van der Waals surface area contributed by atoms with Crippen LogP contribution in [-0.2, 0) is 4.74 Å². The van der Waals surface area contributed by atoms with Gasteiger partial charge in [0.15, 0.2) is 0 Å². The van der Waals surface area contributed by atoms with Crippen LogP contribution in [0, 0.1) is 0 Å². The molecule has 0 amide bonds. The van der Waals surface area contributed by atoms with Crippen LogP contribution in [0.2, 0.25) is 0 Å². The lowest BCUT2D eigenvalue weighted by Gasteiger charge is -2.38. The molecule has 0 aliphatic carbocycles. The molecule has 0 aromatic carbocycles. The van der Waals surface area contributed by atoms with Crippen molar-refractivity contribution in [1.82, 2.24) is 15.2 Å². The number of aliphatic hydroxyl groups is 1. The van der Waals surface area contributed by atoms with Gasteiger partial charge in [0.05, 0.1) is 18.2 Å². The van der Waals surface area contributed by atoms with Gasteiger partial charge >= 0.3 is 0 Å². The van der Waals surface area contributed by atoms with Crippen molar-refractivity contribution in [2.45, 2.75) is 32.4 Å². The molecule has 0 radical (unpaired) electrons. The third-order valence-electron chi connectivity index (χ3n) is 3.16. The number of aliphatic imine (C=N–C) groups is 1. The van der Waals surface area contributed by atoms with Crippen LogP contribution in [0.15, 0.2) is 4.99 Å². The predicted octanol–water partition coefficient (Wildman–Crippen LogP) is -0.771. The molecule has 1 atom stereocenters. The van der Waals surface area contributed by atoms with Crippen LogP contribution >= 0.6 is 0 Å². The summed E-state index contributed by atoms with van der Waals surface area (Å²) in [7, 11) is 1.66. The Morgan fingerprint density at radius 2 is 2.00 bits per heavy atom. The molecule has 1 rings (SSSR count). The van der Waals surface area contributed by atoms with Gasteiger partial charge in [-0.15, -0.1) is 0 Å². The molecule has 1 heterocycles. The summed E-state index contributed by atoms with van der Waals surface area (Å²) < 4.78 is 5.08. The van der Waals surface area contributed by atoms with Crippen molar-refractivity contribution in [3.63, 3.8) is 0 Å². The molecule has 0 aromatic heterocycles. The number of rotatable bonds is 5. The number of hydrogen-bond donors (Lipinski definition) is 3. The summed E-state index contributed by atoms with van der Waals surface area (Å²) >= 11 is 0. The zero-order valence-electron chi connectivity index (χ0n) is 13.1. The van der Waals surface area contributed by atoms with Crippen molar-refractivity contribution in [2.75, 3.05) is 46.4 Å². The number of nitrogens with one attached hydrogen (secondary N) is 1. The largest absolute Gasteiger partial charge is 0.389 e. The highest BCUT2D eigenvalue weighted by Gasteiger charge is 2.24. The molecule has 1 unspecified atom stereocenters. The number of nitrogens with two attached hydrogens (primary N) is 1. The van der Waals surface area contributed by atoms with E-state index in [9.17, 15) is 5.11 Å². The van der Waals surface area contributed by atoms with Gasteiger partial charge in [-0.25, -0.2) is 10.8 Å². The number of nitrogens with zero attached hydrogens (tertiary/aromatic N) is 3. The fourth-order valence-electron chi connectivity index (χ4n) is 2.36. The zero-order valence-corrected chi connectivity index (χ0v) is 13.1. The summed E-state index contributed by atoms with van der Waals surface area (Å²) in [5.41, 5.74) is 2.02. The van der Waals surface area contributed by atoms with Crippen LogP contribution in [-0.4, -0.2) is 78.9 Å². The van der Waals surface area contributed by atoms with E-state index in [-0.39, 0.29) is 6.04 Å². The van der Waals surface area contributed by atoms with Crippen LogP contribution in [0.25, 0.3) is 0 Å². The van der Waals surface area contributed by atoms with Gasteiger partial charge in [-0.2, -0.15) is 0 Å². The highest BCUT2D eigenvalue weighted by molar-refractivity contribution is 5.79. The van der Waals surface area contributed by atoms with E-state index >= 15 is 0 Å². The first-order valence-corrected chi connectivity index (χ1v) is 7.08. The van der Waals surface area contributed by atoms with Crippen molar-refractivity contribution < 1.29 is 9.84 Å². The minimum Gasteiger partial charge on any atom is -0.389 e. The van der Waals surface area contributed by atoms with Gasteiger partial charge in [-0.1, -0.05) is 0 Å². The van der Waals surface area contributed by atoms with E-state index in [0.717, 1.165) is 26.2 Å². The van der Waals surface area contributed by atoms with E-state index < -0.39 is 5.60 Å². The molecule has 0 spiro atoms. The van der Waals surface area contributed by atoms with E-state index in [1.54, 1.807) is 7.11 Å². The van der Waals surface area contributed by atoms with Crippen molar-refractivity contribution in [3.05, 3.63) is 0 Å². The Morgan fingerprint density at radius 1 is 1.40 bits per heavy atom. The fourth-order valence-corrected chi connectivity index (χ4v) is 2.36. The molecule has 1 aliphatic heterocycles. The molecule has 7 nitrogen and oxygen atoms in total. The normalized spacial score (nSPS) is 20.1. The number of β-amino-alcohol motifs (C(OH)–C–C–N with tert-alkyl or cyclic N) is 1. The first-order chi connectivity index (χ1) is 9.35. The Bertz CT molecular complexity index is 308. The van der Waals surface area contributed by atoms with Crippen molar-refractivity contribution in [1.29, 1.82) is 0 Å². The molecular weight excluding hydrogens is 258 g/mol. The monoisotopic (exact) mass is 287 g/mol. The predicted molar refractivity (Wildman–Crippen MR) is 80.4 cm³/mol. The van der Waals surface area contributed by atoms with Crippen LogP contribution in [0.4, 0.5) is 0 Å². The topological polar surface area (TPSA) is 86.4 Å². The van der Waals surface area contributed by atoms with E-state index in [0.29, 0.717) is 19.1 Å². The minimum atomic E-state index is -0.655. The van der Waals surface area contributed by atoms with Crippen LogP contribution in [0.5, 0.6) is 0 Å². The lowest BCUT2D eigenvalue weighted by molar-refractivity contribution is 0.0248. The van der Waals surface area contributed by atoms with E-state index in [1.807, 2.05) is 20.8 Å². The van der Waals surface area contributed by atoms with Gasteiger partial charge in [-0.3, -0.25) is 10.3 Å². The molecule has 0 saturated carbocycles. The Morgan fingerprint density at radius 3 is 2.45 bits per heavy atom. The molecule has 1 saturated heterocycles. The molecule has 118 valence electrons. The minimum absolute atomic E-state index is 0.0699. The second-order valence-corrected chi connectivity index (χ2v) is 5.98. The Kier molecular flexibility index (Phi) is 6.67. The molecule has 20 heavy (non-hydrogen) atoms. The highest BCUT2D eigenvalue weighted by Crippen LogP contribution is 2.09. The van der Waals surface area contributed by atoms with Gasteiger partial charge in [0, 0.05) is 39.8 Å². The van der Waals surface area contributed by atoms with E-state index in [4.69, 9.17) is 10.6 Å². The first kappa shape index (κ1) is 17.2. The summed E-state index contributed by atoms with van der Waals surface area (Å²) in [6.45, 7) is 10.4. The maximum atomic E-state index is 9.84. The standard InChI is InChI=1S/C13H29N5O2/c1-11(9-20-4)15-12(16-14)18-7-5-17(6-8-18)10-13(2,3)19/h11,19H,5-10,14H2,1-4H3,(H,15,16). The average Bonchev–Trinajstić information content (AvgIpc) is 2.35. The second-order valence-electron chi connectivity index (χ2n) is 5.98. The molecule has 4 N–H and O–H groups in total. The van der Waals surface area contributed by atoms with Gasteiger partial charge in [0.2, 0.25) is 5.96 Å². The maximum Gasteiger partial charge on any atom is 0.208 e. The molecule has 1 fully saturated rings. The van der Waals surface area contributed by atoms with Gasteiger partial charge in [0.25, 0.3) is 0 Å². The number of ether oxygens (including phenoxy) is 1. The van der Waals surface area contributed by atoms with Crippen LogP contribution in [0.3, 0.4) is 0 Å². The fraction of sp³-hybridized carbons (Fsp3) is 0.923. The van der Waals surface area contributed by atoms with E-state index in [2.05, 4.69) is 20.2 Å². The van der Waals surface area contributed by atoms with Crippen LogP contribution in [0.1, 0.15) is 20.8 Å². The summed E-state index contributed by atoms with van der Waals surface area (Å²) in [5.74, 6) is 6.27. The third-order valence-corrected chi connectivity index (χ3v) is 3.16. The number of hydrogen-bond acceptors (Lipinski definition) is 5. The summed E-state index contributed by atoms with van der Waals surface area (Å²) in [6, 6.07) is 0.0699. The average molecular weight is 287 g/mol.